The van der Waals surface area contributed by atoms with Crippen molar-refractivity contribution in [1.29, 1.82) is 5.41 Å². The van der Waals surface area contributed by atoms with Crippen LogP contribution in [0, 0.1) is 5.41 Å². The third kappa shape index (κ3) is 6.90. The van der Waals surface area contributed by atoms with Crippen LogP contribution in [0.2, 0.25) is 0 Å². The van der Waals surface area contributed by atoms with Gasteiger partial charge >= 0.3 is 12.1 Å². The van der Waals surface area contributed by atoms with E-state index in [2.05, 4.69) is 10.0 Å². The molecule has 124 valence electrons. The minimum atomic E-state index is -5.08. The van der Waals surface area contributed by atoms with Gasteiger partial charge in [0.05, 0.1) is 4.90 Å². The number of carboxylic acid groups (broad SMARTS) is 1. The number of sulfonamides is 1. The summed E-state index contributed by atoms with van der Waals surface area (Å²) in [7, 11) is -2.06. The number of guanidine groups is 1. The van der Waals surface area contributed by atoms with E-state index in [1.807, 2.05) is 0 Å². The number of hydrogen-bond donors (Lipinski definition) is 5. The van der Waals surface area contributed by atoms with Crippen LogP contribution in [-0.2, 0) is 14.8 Å². The molecule has 0 aliphatic carbocycles. The van der Waals surface area contributed by atoms with E-state index in [9.17, 15) is 21.6 Å². The molecule has 0 saturated heterocycles. The van der Waals surface area contributed by atoms with E-state index < -0.39 is 22.2 Å². The van der Waals surface area contributed by atoms with Crippen LogP contribution in [0.5, 0.6) is 0 Å². The maximum absolute atomic E-state index is 11.3. The standard InChI is InChI=1S/C8H12N4O2S.C2HF3O2/c1-11-15(13,14)7-4-2-6(3-5-7)12-8(9)10;3-2(4,5)1(6)7/h2-5,11H,1H3,(H4,9,10,12);(H,6,7). The van der Waals surface area contributed by atoms with Crippen LogP contribution in [0.4, 0.5) is 18.9 Å². The fraction of sp³-hybridized carbons (Fsp3) is 0.200. The molecular formula is C10H13F3N4O4S. The van der Waals surface area contributed by atoms with Crippen LogP contribution in [0.3, 0.4) is 0 Å². The van der Waals surface area contributed by atoms with Gasteiger partial charge < -0.3 is 16.2 Å². The third-order valence-electron chi connectivity index (χ3n) is 1.95. The Morgan fingerprint density at radius 2 is 1.68 bits per heavy atom. The molecule has 0 amide bonds. The first-order chi connectivity index (χ1) is 9.90. The SMILES string of the molecule is CNS(=O)(=O)c1ccc(NC(=N)N)cc1.O=C(O)C(F)(F)F. The Labute approximate surface area is 123 Å². The quantitative estimate of drug-likeness (QED) is 0.400. The summed E-state index contributed by atoms with van der Waals surface area (Å²) in [6.07, 6.45) is -5.08. The van der Waals surface area contributed by atoms with Crippen LogP contribution in [0.15, 0.2) is 29.2 Å². The lowest BCUT2D eigenvalue weighted by Crippen LogP contribution is -2.21. The molecule has 1 aromatic rings. The fourth-order valence-corrected chi connectivity index (χ4v) is 1.72. The molecule has 0 bridgehead atoms. The Morgan fingerprint density at radius 1 is 1.27 bits per heavy atom. The van der Waals surface area contributed by atoms with Crippen molar-refractivity contribution in [2.45, 2.75) is 11.1 Å². The molecule has 0 unspecified atom stereocenters. The fourth-order valence-electron chi connectivity index (χ4n) is 0.991. The number of anilines is 1. The number of rotatable bonds is 3. The second kappa shape index (κ2) is 7.61. The molecule has 0 aromatic heterocycles. The molecule has 0 spiro atoms. The molecule has 1 aromatic carbocycles. The number of halogens is 3. The second-order valence-corrected chi connectivity index (χ2v) is 5.46. The zero-order valence-corrected chi connectivity index (χ0v) is 11.9. The average molecular weight is 342 g/mol. The highest BCUT2D eigenvalue weighted by Crippen LogP contribution is 2.13. The molecule has 12 heteroatoms. The van der Waals surface area contributed by atoms with Crippen molar-refractivity contribution in [1.82, 2.24) is 4.72 Å². The van der Waals surface area contributed by atoms with Gasteiger partial charge in [-0.1, -0.05) is 0 Å². The number of aliphatic carboxylic acids is 1. The summed E-state index contributed by atoms with van der Waals surface area (Å²) in [4.78, 5) is 9.06. The van der Waals surface area contributed by atoms with E-state index in [4.69, 9.17) is 21.0 Å². The van der Waals surface area contributed by atoms with Crippen molar-refractivity contribution >= 4 is 27.6 Å². The maximum Gasteiger partial charge on any atom is 0.490 e. The molecule has 0 saturated carbocycles. The summed E-state index contributed by atoms with van der Waals surface area (Å²) >= 11 is 0. The van der Waals surface area contributed by atoms with Gasteiger partial charge in [-0.05, 0) is 31.3 Å². The summed E-state index contributed by atoms with van der Waals surface area (Å²) in [5, 5.41) is 16.7. The number of carbonyl (C=O) groups is 1. The Morgan fingerprint density at radius 3 is 1.95 bits per heavy atom. The number of nitrogens with one attached hydrogen (secondary N) is 3. The lowest BCUT2D eigenvalue weighted by molar-refractivity contribution is -0.192. The smallest absolute Gasteiger partial charge is 0.475 e. The van der Waals surface area contributed by atoms with Gasteiger partial charge in [0.25, 0.3) is 0 Å². The number of carboxylic acids is 1. The normalized spacial score (nSPS) is 11.1. The summed E-state index contributed by atoms with van der Waals surface area (Å²) in [6, 6.07) is 5.92. The Bertz CT molecular complexity index is 629. The average Bonchev–Trinajstić information content (AvgIpc) is 2.38. The van der Waals surface area contributed by atoms with Crippen molar-refractivity contribution in [2.75, 3.05) is 12.4 Å². The molecule has 0 fully saturated rings. The molecule has 0 heterocycles. The minimum Gasteiger partial charge on any atom is -0.475 e. The van der Waals surface area contributed by atoms with Crippen molar-refractivity contribution in [3.05, 3.63) is 24.3 Å². The van der Waals surface area contributed by atoms with Gasteiger partial charge in [0, 0.05) is 5.69 Å². The van der Waals surface area contributed by atoms with Gasteiger partial charge in [0.15, 0.2) is 5.96 Å². The van der Waals surface area contributed by atoms with E-state index in [1.165, 1.54) is 31.3 Å². The van der Waals surface area contributed by atoms with Gasteiger partial charge in [0.2, 0.25) is 10.0 Å². The Kier molecular flexibility index (Phi) is 6.80. The first-order valence-corrected chi connectivity index (χ1v) is 6.83. The molecular weight excluding hydrogens is 329 g/mol. The summed E-state index contributed by atoms with van der Waals surface area (Å²) in [6.45, 7) is 0. The highest BCUT2D eigenvalue weighted by atomic mass is 32.2. The van der Waals surface area contributed by atoms with Crippen LogP contribution in [-0.4, -0.2) is 38.7 Å². The highest BCUT2D eigenvalue weighted by molar-refractivity contribution is 7.89. The second-order valence-electron chi connectivity index (χ2n) is 3.57. The number of benzene rings is 1. The van der Waals surface area contributed by atoms with E-state index >= 15 is 0 Å². The first kappa shape index (κ1) is 19.7. The van der Waals surface area contributed by atoms with E-state index in [0.717, 1.165) is 0 Å². The van der Waals surface area contributed by atoms with E-state index in [0.29, 0.717) is 5.69 Å². The van der Waals surface area contributed by atoms with Crippen LogP contribution in [0.1, 0.15) is 0 Å². The van der Waals surface area contributed by atoms with E-state index in [1.54, 1.807) is 0 Å². The number of nitrogens with two attached hydrogens (primary N) is 1. The topological polar surface area (TPSA) is 145 Å². The summed E-state index contributed by atoms with van der Waals surface area (Å²) in [5.41, 5.74) is 5.68. The predicted octanol–water partition coefficient (Wildman–Crippen LogP) is 0.533. The molecule has 8 nitrogen and oxygen atoms in total. The Hall–Kier alpha value is -2.34. The van der Waals surface area contributed by atoms with Crippen molar-refractivity contribution < 1.29 is 31.5 Å². The summed E-state index contributed by atoms with van der Waals surface area (Å²) < 4.78 is 56.6. The molecule has 6 N–H and O–H groups in total. The van der Waals surface area contributed by atoms with Crippen molar-refractivity contribution in [2.24, 2.45) is 5.73 Å². The summed E-state index contributed by atoms with van der Waals surface area (Å²) in [5.74, 6) is -2.95. The molecule has 0 aliphatic rings. The highest BCUT2D eigenvalue weighted by Gasteiger charge is 2.38. The molecule has 0 radical (unpaired) electrons. The van der Waals surface area contributed by atoms with Crippen LogP contribution >= 0.6 is 0 Å². The maximum atomic E-state index is 11.3. The minimum absolute atomic E-state index is 0.166. The van der Waals surface area contributed by atoms with Gasteiger partial charge in [-0.2, -0.15) is 13.2 Å². The zero-order valence-electron chi connectivity index (χ0n) is 11.1. The molecule has 1 rings (SSSR count). The van der Waals surface area contributed by atoms with E-state index in [-0.39, 0.29) is 10.9 Å². The van der Waals surface area contributed by atoms with Crippen LogP contribution < -0.4 is 15.8 Å². The molecule has 0 atom stereocenters. The van der Waals surface area contributed by atoms with Gasteiger partial charge in [-0.3, -0.25) is 5.41 Å². The predicted molar refractivity (Wildman–Crippen MR) is 71.9 cm³/mol. The van der Waals surface area contributed by atoms with Gasteiger partial charge in [-0.15, -0.1) is 0 Å². The van der Waals surface area contributed by atoms with Crippen molar-refractivity contribution in [3.63, 3.8) is 0 Å². The number of alkyl halides is 3. The molecule has 0 aliphatic heterocycles. The Balaban J connectivity index is 0.000000534. The number of hydrogen-bond acceptors (Lipinski definition) is 4. The largest absolute Gasteiger partial charge is 0.490 e. The zero-order chi connectivity index (χ0) is 17.6. The third-order valence-corrected chi connectivity index (χ3v) is 3.39. The lowest BCUT2D eigenvalue weighted by Gasteiger charge is -2.05. The molecule has 22 heavy (non-hydrogen) atoms. The monoisotopic (exact) mass is 342 g/mol. The van der Waals surface area contributed by atoms with Gasteiger partial charge in [-0.25, -0.2) is 17.9 Å². The van der Waals surface area contributed by atoms with Gasteiger partial charge in [0.1, 0.15) is 0 Å². The lowest BCUT2D eigenvalue weighted by atomic mass is 10.3. The van der Waals surface area contributed by atoms with Crippen molar-refractivity contribution in [3.8, 4) is 0 Å². The van der Waals surface area contributed by atoms with Crippen LogP contribution in [0.25, 0.3) is 0 Å². The first-order valence-electron chi connectivity index (χ1n) is 5.35.